The molecule has 0 amide bonds. The summed E-state index contributed by atoms with van der Waals surface area (Å²) in [6.45, 7) is 2.29. The van der Waals surface area contributed by atoms with Gasteiger partial charge >= 0.3 is 0 Å². The smallest absolute Gasteiger partial charge is 0.116 e. The van der Waals surface area contributed by atoms with Crippen molar-refractivity contribution in [3.8, 4) is 11.4 Å². The maximum absolute atomic E-state index is 5.49. The van der Waals surface area contributed by atoms with E-state index >= 15 is 0 Å². The van der Waals surface area contributed by atoms with Crippen LogP contribution in [0.2, 0.25) is 0 Å². The van der Waals surface area contributed by atoms with Crippen LogP contribution in [-0.4, -0.2) is 19.9 Å². The fourth-order valence-electron chi connectivity index (χ4n) is 1.17. The Bertz CT molecular complexity index is 452. The predicted octanol–water partition coefficient (Wildman–Crippen LogP) is 0.701. The summed E-state index contributed by atoms with van der Waals surface area (Å²) in [6.07, 6.45) is 4.89. The summed E-state index contributed by atoms with van der Waals surface area (Å²) < 4.78 is 0. The van der Waals surface area contributed by atoms with Crippen LogP contribution in [0.15, 0.2) is 24.8 Å². The summed E-state index contributed by atoms with van der Waals surface area (Å²) in [5.41, 5.74) is 8.65. The molecule has 0 aliphatic carbocycles. The van der Waals surface area contributed by atoms with Gasteiger partial charge in [-0.05, 0) is 13.0 Å². The Balaban J connectivity index is 2.40. The zero-order valence-corrected chi connectivity index (χ0v) is 8.38. The first-order chi connectivity index (χ1) is 7.29. The van der Waals surface area contributed by atoms with E-state index in [4.69, 9.17) is 5.73 Å². The quantitative estimate of drug-likeness (QED) is 0.773. The van der Waals surface area contributed by atoms with Crippen LogP contribution in [0.25, 0.3) is 11.4 Å². The molecule has 0 atom stereocenters. The Morgan fingerprint density at radius 3 is 2.60 bits per heavy atom. The van der Waals surface area contributed by atoms with Crippen molar-refractivity contribution in [3.63, 3.8) is 0 Å². The number of aromatic nitrogens is 4. The molecule has 0 bridgehead atoms. The van der Waals surface area contributed by atoms with Gasteiger partial charge in [-0.15, -0.1) is 0 Å². The van der Waals surface area contributed by atoms with Crippen molar-refractivity contribution >= 4 is 0 Å². The highest BCUT2D eigenvalue weighted by molar-refractivity contribution is 5.52. The second-order valence-corrected chi connectivity index (χ2v) is 3.14. The molecule has 0 aromatic carbocycles. The van der Waals surface area contributed by atoms with E-state index in [1.54, 1.807) is 12.4 Å². The van der Waals surface area contributed by atoms with Crippen LogP contribution in [0.3, 0.4) is 0 Å². The first-order valence-corrected chi connectivity index (χ1v) is 4.59. The first kappa shape index (κ1) is 9.67. The van der Waals surface area contributed by atoms with E-state index in [0.29, 0.717) is 6.54 Å². The molecule has 2 aromatic rings. The molecule has 0 aliphatic rings. The van der Waals surface area contributed by atoms with E-state index in [-0.39, 0.29) is 0 Å². The van der Waals surface area contributed by atoms with E-state index < -0.39 is 0 Å². The Morgan fingerprint density at radius 1 is 1.07 bits per heavy atom. The highest BCUT2D eigenvalue weighted by atomic mass is 14.9. The molecule has 2 N–H and O–H groups in total. The average Bonchev–Trinajstić information content (AvgIpc) is 2.30. The van der Waals surface area contributed by atoms with Crippen LogP contribution < -0.4 is 5.73 Å². The number of nitrogens with zero attached hydrogens (tertiary/aromatic N) is 4. The van der Waals surface area contributed by atoms with Gasteiger partial charge in [0.2, 0.25) is 0 Å². The number of hydrogen-bond acceptors (Lipinski definition) is 5. The van der Waals surface area contributed by atoms with E-state index in [9.17, 15) is 0 Å². The molecule has 5 nitrogen and oxygen atoms in total. The monoisotopic (exact) mass is 201 g/mol. The minimum atomic E-state index is 0.398. The first-order valence-electron chi connectivity index (χ1n) is 4.59. The molecule has 0 aliphatic heterocycles. The largest absolute Gasteiger partial charge is 0.325 e. The summed E-state index contributed by atoms with van der Waals surface area (Å²) in [5, 5.41) is 0. The van der Waals surface area contributed by atoms with Crippen molar-refractivity contribution in [2.45, 2.75) is 13.5 Å². The van der Waals surface area contributed by atoms with Gasteiger partial charge in [0.15, 0.2) is 0 Å². The number of hydrogen-bond donors (Lipinski definition) is 1. The molecular formula is C10H11N5. The SMILES string of the molecule is Cc1cnc(-c2cc(CN)ncn2)cn1. The normalized spacial score (nSPS) is 10.3. The minimum absolute atomic E-state index is 0.398. The second-order valence-electron chi connectivity index (χ2n) is 3.14. The highest BCUT2D eigenvalue weighted by Gasteiger charge is 2.02. The third kappa shape index (κ3) is 2.13. The Labute approximate surface area is 87.4 Å². The molecule has 0 spiro atoms. The van der Waals surface area contributed by atoms with Crippen LogP contribution >= 0.6 is 0 Å². The van der Waals surface area contributed by atoms with E-state index in [1.807, 2.05) is 13.0 Å². The lowest BCUT2D eigenvalue weighted by Crippen LogP contribution is -2.01. The van der Waals surface area contributed by atoms with Crippen LogP contribution in [0, 0.1) is 6.92 Å². The summed E-state index contributed by atoms with van der Waals surface area (Å²) in [7, 11) is 0. The van der Waals surface area contributed by atoms with Gasteiger partial charge < -0.3 is 5.73 Å². The summed E-state index contributed by atoms with van der Waals surface area (Å²) in [6, 6.07) is 1.82. The van der Waals surface area contributed by atoms with E-state index in [2.05, 4.69) is 19.9 Å². The van der Waals surface area contributed by atoms with Crippen LogP contribution in [0.4, 0.5) is 0 Å². The van der Waals surface area contributed by atoms with Gasteiger partial charge in [-0.1, -0.05) is 0 Å². The van der Waals surface area contributed by atoms with Crippen molar-refractivity contribution in [2.75, 3.05) is 0 Å². The van der Waals surface area contributed by atoms with Gasteiger partial charge in [0.25, 0.3) is 0 Å². The molecule has 5 heteroatoms. The number of nitrogens with two attached hydrogens (primary N) is 1. The van der Waals surface area contributed by atoms with Crippen LogP contribution in [0.1, 0.15) is 11.4 Å². The highest BCUT2D eigenvalue weighted by Crippen LogP contribution is 2.12. The fourth-order valence-corrected chi connectivity index (χ4v) is 1.17. The van der Waals surface area contributed by atoms with Gasteiger partial charge in [0.1, 0.15) is 12.0 Å². The third-order valence-electron chi connectivity index (χ3n) is 1.98. The van der Waals surface area contributed by atoms with E-state index in [0.717, 1.165) is 22.8 Å². The van der Waals surface area contributed by atoms with Crippen molar-refractivity contribution in [1.29, 1.82) is 0 Å². The van der Waals surface area contributed by atoms with Crippen LogP contribution in [0.5, 0.6) is 0 Å². The average molecular weight is 201 g/mol. The molecule has 0 radical (unpaired) electrons. The Morgan fingerprint density at radius 2 is 1.93 bits per heavy atom. The fraction of sp³-hybridized carbons (Fsp3) is 0.200. The molecule has 0 unspecified atom stereocenters. The van der Waals surface area contributed by atoms with Crippen molar-refractivity contribution in [2.24, 2.45) is 5.73 Å². The standard InChI is InChI=1S/C10H11N5/c1-7-4-13-10(5-12-7)9-2-8(3-11)14-6-15-9/h2,4-6H,3,11H2,1H3. The molecule has 15 heavy (non-hydrogen) atoms. The lowest BCUT2D eigenvalue weighted by molar-refractivity contribution is 0.962. The maximum Gasteiger partial charge on any atom is 0.116 e. The van der Waals surface area contributed by atoms with Gasteiger partial charge in [-0.25, -0.2) is 9.97 Å². The molecular weight excluding hydrogens is 190 g/mol. The predicted molar refractivity (Wildman–Crippen MR) is 55.7 cm³/mol. The molecule has 0 saturated heterocycles. The van der Waals surface area contributed by atoms with Gasteiger partial charge in [0, 0.05) is 12.7 Å². The van der Waals surface area contributed by atoms with Crippen LogP contribution in [-0.2, 0) is 6.54 Å². The number of aryl methyl sites for hydroxylation is 1. The molecule has 76 valence electrons. The minimum Gasteiger partial charge on any atom is -0.325 e. The molecule has 0 fully saturated rings. The summed E-state index contributed by atoms with van der Waals surface area (Å²) in [5.74, 6) is 0. The zero-order chi connectivity index (χ0) is 10.7. The van der Waals surface area contributed by atoms with Gasteiger partial charge in [-0.3, -0.25) is 9.97 Å². The molecule has 2 aromatic heterocycles. The maximum atomic E-state index is 5.49. The topological polar surface area (TPSA) is 77.6 Å². The van der Waals surface area contributed by atoms with Gasteiger partial charge in [0.05, 0.1) is 23.3 Å². The molecule has 2 rings (SSSR count). The lowest BCUT2D eigenvalue weighted by Gasteiger charge is -2.01. The van der Waals surface area contributed by atoms with Crippen molar-refractivity contribution < 1.29 is 0 Å². The number of rotatable bonds is 2. The summed E-state index contributed by atoms with van der Waals surface area (Å²) in [4.78, 5) is 16.5. The Kier molecular flexibility index (Phi) is 2.64. The third-order valence-corrected chi connectivity index (χ3v) is 1.98. The van der Waals surface area contributed by atoms with Crippen molar-refractivity contribution in [3.05, 3.63) is 36.2 Å². The lowest BCUT2D eigenvalue weighted by atomic mass is 10.2. The Hall–Kier alpha value is -1.88. The zero-order valence-electron chi connectivity index (χ0n) is 8.38. The van der Waals surface area contributed by atoms with E-state index in [1.165, 1.54) is 6.33 Å². The molecule has 2 heterocycles. The van der Waals surface area contributed by atoms with Crippen molar-refractivity contribution in [1.82, 2.24) is 19.9 Å². The second kappa shape index (κ2) is 4.10. The summed E-state index contributed by atoms with van der Waals surface area (Å²) >= 11 is 0. The van der Waals surface area contributed by atoms with Gasteiger partial charge in [-0.2, -0.15) is 0 Å². The molecule has 0 saturated carbocycles.